The van der Waals surface area contributed by atoms with Crippen LogP contribution in [0.15, 0.2) is 42.6 Å². The second-order valence-corrected chi connectivity index (χ2v) is 6.79. The minimum atomic E-state index is -0.453. The molecule has 1 aliphatic heterocycles. The van der Waals surface area contributed by atoms with Gasteiger partial charge in [-0.25, -0.2) is 9.78 Å². The lowest BCUT2D eigenvalue weighted by Gasteiger charge is -2.31. The Labute approximate surface area is 159 Å². The Bertz CT molecular complexity index is 814. The highest BCUT2D eigenvalue weighted by atomic mass is 16.5. The second kappa shape index (κ2) is 8.66. The number of rotatable bonds is 5. The second-order valence-electron chi connectivity index (χ2n) is 6.79. The molecule has 6 heteroatoms. The molecule has 3 rings (SSSR count). The fourth-order valence-corrected chi connectivity index (χ4v) is 3.14. The zero-order valence-electron chi connectivity index (χ0n) is 15.8. The van der Waals surface area contributed by atoms with Crippen molar-refractivity contribution < 1.29 is 14.3 Å². The van der Waals surface area contributed by atoms with Crippen LogP contribution in [0.3, 0.4) is 0 Å². The average Bonchev–Trinajstić information content (AvgIpc) is 2.69. The molecule has 0 saturated carbocycles. The van der Waals surface area contributed by atoms with E-state index in [2.05, 4.69) is 22.1 Å². The van der Waals surface area contributed by atoms with Crippen LogP contribution in [-0.2, 0) is 4.74 Å². The number of para-hydroxylation sites is 1. The van der Waals surface area contributed by atoms with Crippen LogP contribution < -0.4 is 10.2 Å². The maximum absolute atomic E-state index is 12.7. The number of nitrogens with zero attached hydrogens (tertiary/aromatic N) is 2. The van der Waals surface area contributed by atoms with E-state index in [-0.39, 0.29) is 12.5 Å². The third-order valence-corrected chi connectivity index (χ3v) is 4.79. The summed E-state index contributed by atoms with van der Waals surface area (Å²) in [6.45, 7) is 6.19. The van der Waals surface area contributed by atoms with Gasteiger partial charge >= 0.3 is 5.97 Å². The van der Waals surface area contributed by atoms with Crippen LogP contribution in [0.1, 0.15) is 47.4 Å². The van der Waals surface area contributed by atoms with E-state index in [4.69, 9.17) is 4.74 Å². The maximum atomic E-state index is 12.7. The Balaban J connectivity index is 1.76. The maximum Gasteiger partial charge on any atom is 0.340 e. The summed E-state index contributed by atoms with van der Waals surface area (Å²) in [5, 5.41) is 2.82. The van der Waals surface area contributed by atoms with Crippen molar-refractivity contribution in [2.24, 2.45) is 5.92 Å². The number of benzene rings is 1. The van der Waals surface area contributed by atoms with Crippen LogP contribution in [0, 0.1) is 5.92 Å². The van der Waals surface area contributed by atoms with E-state index in [1.165, 1.54) is 0 Å². The summed E-state index contributed by atoms with van der Waals surface area (Å²) in [7, 11) is 0. The number of carbonyl (C=O) groups is 2. The van der Waals surface area contributed by atoms with E-state index in [0.717, 1.165) is 37.7 Å². The Morgan fingerprint density at radius 2 is 1.96 bits per heavy atom. The molecule has 1 aromatic carbocycles. The molecule has 1 aromatic heterocycles. The fourth-order valence-electron chi connectivity index (χ4n) is 3.14. The monoisotopic (exact) mass is 367 g/mol. The molecular weight excluding hydrogens is 342 g/mol. The van der Waals surface area contributed by atoms with Crippen molar-refractivity contribution in [1.29, 1.82) is 0 Å². The molecule has 0 atom stereocenters. The molecule has 1 N–H and O–H groups in total. The van der Waals surface area contributed by atoms with E-state index in [1.807, 2.05) is 0 Å². The standard InChI is InChI=1S/C21H25N3O3/c1-3-27-21(26)17-6-4-5-7-18(17)23-20(25)16-8-11-22-19(14-16)24-12-9-15(2)10-13-24/h4-8,11,14-15H,3,9-10,12-13H2,1-2H3,(H,23,25). The van der Waals surface area contributed by atoms with Crippen LogP contribution in [-0.4, -0.2) is 36.6 Å². The molecule has 1 saturated heterocycles. The predicted molar refractivity (Wildman–Crippen MR) is 105 cm³/mol. The van der Waals surface area contributed by atoms with Gasteiger partial charge in [0.1, 0.15) is 5.82 Å². The first kappa shape index (κ1) is 18.9. The van der Waals surface area contributed by atoms with E-state index in [9.17, 15) is 9.59 Å². The van der Waals surface area contributed by atoms with Crippen LogP contribution in [0.2, 0.25) is 0 Å². The minimum Gasteiger partial charge on any atom is -0.462 e. The topological polar surface area (TPSA) is 71.5 Å². The predicted octanol–water partition coefficient (Wildman–Crippen LogP) is 3.75. The molecule has 1 aliphatic rings. The number of anilines is 2. The highest BCUT2D eigenvalue weighted by Crippen LogP contribution is 2.23. The Kier molecular flexibility index (Phi) is 6.06. The number of esters is 1. The smallest absolute Gasteiger partial charge is 0.340 e. The summed E-state index contributed by atoms with van der Waals surface area (Å²) in [5.41, 5.74) is 1.29. The van der Waals surface area contributed by atoms with Crippen molar-refractivity contribution in [3.8, 4) is 0 Å². The van der Waals surface area contributed by atoms with Crippen molar-refractivity contribution in [2.45, 2.75) is 26.7 Å². The zero-order chi connectivity index (χ0) is 19.2. The molecule has 0 bridgehead atoms. The first-order valence-corrected chi connectivity index (χ1v) is 9.37. The van der Waals surface area contributed by atoms with E-state index in [1.54, 1.807) is 49.5 Å². The zero-order valence-corrected chi connectivity index (χ0v) is 15.8. The molecule has 0 radical (unpaired) electrons. The van der Waals surface area contributed by atoms with Crippen LogP contribution in [0.4, 0.5) is 11.5 Å². The highest BCUT2D eigenvalue weighted by molar-refractivity contribution is 6.08. The first-order valence-electron chi connectivity index (χ1n) is 9.37. The minimum absolute atomic E-state index is 0.277. The van der Waals surface area contributed by atoms with Crippen LogP contribution in [0.25, 0.3) is 0 Å². The average molecular weight is 367 g/mol. The summed E-state index contributed by atoms with van der Waals surface area (Å²) >= 11 is 0. The number of hydrogen-bond acceptors (Lipinski definition) is 5. The van der Waals surface area contributed by atoms with Gasteiger partial charge in [-0.1, -0.05) is 19.1 Å². The van der Waals surface area contributed by atoms with E-state index < -0.39 is 5.97 Å². The quantitative estimate of drug-likeness (QED) is 0.815. The largest absolute Gasteiger partial charge is 0.462 e. The number of carbonyl (C=O) groups excluding carboxylic acids is 2. The molecule has 0 unspecified atom stereocenters. The number of piperidine rings is 1. The van der Waals surface area contributed by atoms with Gasteiger partial charge in [-0.3, -0.25) is 4.79 Å². The third kappa shape index (κ3) is 4.64. The molecular formula is C21H25N3O3. The summed E-state index contributed by atoms with van der Waals surface area (Å²) in [5.74, 6) is 0.812. The lowest BCUT2D eigenvalue weighted by Crippen LogP contribution is -2.33. The molecule has 2 aromatic rings. The molecule has 27 heavy (non-hydrogen) atoms. The van der Waals surface area contributed by atoms with Gasteiger partial charge in [0, 0.05) is 24.8 Å². The molecule has 142 valence electrons. The van der Waals surface area contributed by atoms with Gasteiger partial charge in [-0.2, -0.15) is 0 Å². The first-order chi connectivity index (χ1) is 13.1. The summed E-state index contributed by atoms with van der Waals surface area (Å²) in [6.07, 6.45) is 3.91. The number of hydrogen-bond donors (Lipinski definition) is 1. The summed E-state index contributed by atoms with van der Waals surface area (Å²) in [6, 6.07) is 10.3. The fraction of sp³-hybridized carbons (Fsp3) is 0.381. The van der Waals surface area contributed by atoms with E-state index in [0.29, 0.717) is 16.8 Å². The number of aromatic nitrogens is 1. The summed E-state index contributed by atoms with van der Waals surface area (Å²) < 4.78 is 5.06. The molecule has 6 nitrogen and oxygen atoms in total. The molecule has 0 aliphatic carbocycles. The normalized spacial score (nSPS) is 14.7. The van der Waals surface area contributed by atoms with Crippen molar-refractivity contribution >= 4 is 23.4 Å². The van der Waals surface area contributed by atoms with Gasteiger partial charge < -0.3 is 15.0 Å². The Hall–Kier alpha value is -2.89. The SMILES string of the molecule is CCOC(=O)c1ccccc1NC(=O)c1ccnc(N2CCC(C)CC2)c1. The van der Waals surface area contributed by atoms with Gasteiger partial charge in [0.25, 0.3) is 5.91 Å². The molecule has 2 heterocycles. The number of amides is 1. The van der Waals surface area contributed by atoms with Gasteiger partial charge in [-0.15, -0.1) is 0 Å². The van der Waals surface area contributed by atoms with Crippen LogP contribution in [0.5, 0.6) is 0 Å². The number of nitrogens with one attached hydrogen (secondary N) is 1. The van der Waals surface area contributed by atoms with Crippen molar-refractivity contribution in [1.82, 2.24) is 4.98 Å². The van der Waals surface area contributed by atoms with Gasteiger partial charge in [-0.05, 0) is 49.9 Å². The van der Waals surface area contributed by atoms with E-state index >= 15 is 0 Å². The lowest BCUT2D eigenvalue weighted by molar-refractivity contribution is 0.0527. The van der Waals surface area contributed by atoms with Crippen LogP contribution >= 0.6 is 0 Å². The van der Waals surface area contributed by atoms with Gasteiger partial charge in [0.2, 0.25) is 0 Å². The Morgan fingerprint density at radius 3 is 2.70 bits per heavy atom. The lowest BCUT2D eigenvalue weighted by atomic mass is 9.99. The van der Waals surface area contributed by atoms with Crippen molar-refractivity contribution in [3.05, 3.63) is 53.7 Å². The molecule has 1 fully saturated rings. The molecule has 1 amide bonds. The molecule has 0 spiro atoms. The number of pyridine rings is 1. The van der Waals surface area contributed by atoms with Gasteiger partial charge in [0.05, 0.1) is 17.9 Å². The van der Waals surface area contributed by atoms with Crippen molar-refractivity contribution in [2.75, 3.05) is 29.9 Å². The van der Waals surface area contributed by atoms with Gasteiger partial charge in [0.15, 0.2) is 0 Å². The van der Waals surface area contributed by atoms with Crippen molar-refractivity contribution in [3.63, 3.8) is 0 Å². The highest BCUT2D eigenvalue weighted by Gasteiger charge is 2.19. The Morgan fingerprint density at radius 1 is 1.22 bits per heavy atom. The summed E-state index contributed by atoms with van der Waals surface area (Å²) in [4.78, 5) is 31.4. The third-order valence-electron chi connectivity index (χ3n) is 4.79. The number of ether oxygens (including phenoxy) is 1.